The van der Waals surface area contributed by atoms with Crippen molar-refractivity contribution in [3.05, 3.63) is 88.8 Å². The van der Waals surface area contributed by atoms with E-state index < -0.39 is 0 Å². The highest BCUT2D eigenvalue weighted by molar-refractivity contribution is 6.33. The second kappa shape index (κ2) is 8.59. The summed E-state index contributed by atoms with van der Waals surface area (Å²) >= 11 is 6.42. The van der Waals surface area contributed by atoms with Crippen LogP contribution in [0.3, 0.4) is 0 Å². The Kier molecular flexibility index (Phi) is 5.74. The Bertz CT molecular complexity index is 1100. The van der Waals surface area contributed by atoms with Crippen molar-refractivity contribution in [1.29, 1.82) is 0 Å². The number of halogens is 2. The molecule has 4 aromatic rings. The number of nitrogens with zero attached hydrogens (tertiary/aromatic N) is 3. The van der Waals surface area contributed by atoms with E-state index >= 15 is 0 Å². The highest BCUT2D eigenvalue weighted by atomic mass is 35.5. The van der Waals surface area contributed by atoms with Gasteiger partial charge in [-0.3, -0.25) is 0 Å². The van der Waals surface area contributed by atoms with Crippen molar-refractivity contribution < 1.29 is 4.39 Å². The van der Waals surface area contributed by atoms with Gasteiger partial charge in [0, 0.05) is 48.7 Å². The number of hydrogen-bond donors (Lipinski definition) is 2. The maximum atomic E-state index is 13.3. The van der Waals surface area contributed by atoms with Crippen LogP contribution in [0, 0.1) is 12.7 Å². The van der Waals surface area contributed by atoms with Crippen LogP contribution in [0.15, 0.2) is 60.9 Å². The third kappa shape index (κ3) is 4.55. The largest absolute Gasteiger partial charge is 0.346 e. The molecule has 2 aromatic heterocycles. The number of aryl methyl sites for hydroxylation is 1. The van der Waals surface area contributed by atoms with Gasteiger partial charge in [-0.25, -0.2) is 14.1 Å². The van der Waals surface area contributed by atoms with Gasteiger partial charge in [-0.2, -0.15) is 5.10 Å². The van der Waals surface area contributed by atoms with Gasteiger partial charge in [-0.15, -0.1) is 0 Å². The van der Waals surface area contributed by atoms with E-state index in [1.54, 1.807) is 16.8 Å². The number of rotatable bonds is 7. The number of aromatic nitrogens is 4. The molecule has 7 heteroatoms. The molecule has 0 saturated heterocycles. The number of benzene rings is 2. The molecule has 0 atom stereocenters. The average molecular weight is 410 g/mol. The fraction of sp³-hybridized carbons (Fsp3) is 0.182. The summed E-state index contributed by atoms with van der Waals surface area (Å²) in [6, 6.07) is 13.9. The molecule has 5 nitrogen and oxygen atoms in total. The molecule has 4 rings (SSSR count). The fourth-order valence-electron chi connectivity index (χ4n) is 3.17. The zero-order chi connectivity index (χ0) is 20.2. The van der Waals surface area contributed by atoms with Crippen molar-refractivity contribution in [3.63, 3.8) is 0 Å². The SMILES string of the molecule is Cc1cnc(CCNCc2cn(-c3ccc(F)cc3)nc2-c2ccccc2Cl)[nH]1. The number of hydrogen-bond acceptors (Lipinski definition) is 3. The van der Waals surface area contributed by atoms with Crippen LogP contribution in [-0.2, 0) is 13.0 Å². The highest BCUT2D eigenvalue weighted by Crippen LogP contribution is 2.30. The third-order valence-corrected chi connectivity index (χ3v) is 4.95. The molecule has 0 bridgehead atoms. The van der Waals surface area contributed by atoms with E-state index in [0.29, 0.717) is 11.6 Å². The summed E-state index contributed by atoms with van der Waals surface area (Å²) in [6.07, 6.45) is 4.59. The fourth-order valence-corrected chi connectivity index (χ4v) is 3.39. The van der Waals surface area contributed by atoms with Gasteiger partial charge in [0.05, 0.1) is 16.4 Å². The lowest BCUT2D eigenvalue weighted by Gasteiger charge is -2.06. The minimum atomic E-state index is -0.276. The highest BCUT2D eigenvalue weighted by Gasteiger charge is 2.14. The van der Waals surface area contributed by atoms with Crippen molar-refractivity contribution in [2.45, 2.75) is 19.9 Å². The van der Waals surface area contributed by atoms with E-state index in [1.807, 2.05) is 43.6 Å². The van der Waals surface area contributed by atoms with Crippen LogP contribution >= 0.6 is 11.6 Å². The van der Waals surface area contributed by atoms with E-state index in [4.69, 9.17) is 16.7 Å². The Morgan fingerprint density at radius 2 is 1.93 bits per heavy atom. The normalized spacial score (nSPS) is 11.1. The smallest absolute Gasteiger partial charge is 0.123 e. The Morgan fingerprint density at radius 1 is 1.14 bits per heavy atom. The predicted molar refractivity (Wildman–Crippen MR) is 113 cm³/mol. The lowest BCUT2D eigenvalue weighted by molar-refractivity contribution is 0.627. The maximum absolute atomic E-state index is 13.3. The first-order valence-electron chi connectivity index (χ1n) is 9.41. The Labute approximate surface area is 173 Å². The van der Waals surface area contributed by atoms with Crippen LogP contribution in [-0.4, -0.2) is 26.3 Å². The molecule has 148 valence electrons. The van der Waals surface area contributed by atoms with Gasteiger partial charge in [0.1, 0.15) is 11.6 Å². The summed E-state index contributed by atoms with van der Waals surface area (Å²) in [7, 11) is 0. The quantitative estimate of drug-likeness (QED) is 0.435. The first-order chi connectivity index (χ1) is 14.1. The van der Waals surface area contributed by atoms with Crippen LogP contribution in [0.1, 0.15) is 17.1 Å². The number of imidazole rings is 1. The maximum Gasteiger partial charge on any atom is 0.123 e. The first-order valence-corrected chi connectivity index (χ1v) is 9.78. The minimum Gasteiger partial charge on any atom is -0.346 e. The van der Waals surface area contributed by atoms with E-state index in [1.165, 1.54) is 12.1 Å². The van der Waals surface area contributed by atoms with Crippen molar-refractivity contribution in [2.24, 2.45) is 0 Å². The molecule has 0 aliphatic heterocycles. The Hall–Kier alpha value is -2.96. The van der Waals surface area contributed by atoms with Gasteiger partial charge in [0.2, 0.25) is 0 Å². The Morgan fingerprint density at radius 3 is 2.66 bits per heavy atom. The number of nitrogens with one attached hydrogen (secondary N) is 2. The molecule has 0 unspecified atom stereocenters. The molecule has 0 radical (unpaired) electrons. The van der Waals surface area contributed by atoms with Crippen LogP contribution in [0.25, 0.3) is 16.9 Å². The molecular formula is C22H21ClFN5. The molecule has 2 heterocycles. The predicted octanol–water partition coefficient (Wildman–Crippen LogP) is 4.70. The summed E-state index contributed by atoms with van der Waals surface area (Å²) in [6.45, 7) is 3.39. The second-order valence-electron chi connectivity index (χ2n) is 6.84. The standard InChI is InChI=1S/C22H21ClFN5/c1-15-12-26-21(27-15)10-11-25-13-16-14-29(18-8-6-17(24)7-9-18)28-22(16)19-4-2-3-5-20(19)23/h2-9,12,14,25H,10-11,13H2,1H3,(H,26,27). The summed E-state index contributed by atoms with van der Waals surface area (Å²) in [5, 5.41) is 8.82. The Balaban J connectivity index is 1.57. The number of H-pyrrole nitrogens is 1. The van der Waals surface area contributed by atoms with Crippen LogP contribution in [0.5, 0.6) is 0 Å². The van der Waals surface area contributed by atoms with E-state index in [9.17, 15) is 4.39 Å². The topological polar surface area (TPSA) is 58.5 Å². The molecule has 0 spiro atoms. The summed E-state index contributed by atoms with van der Waals surface area (Å²) < 4.78 is 15.0. The molecule has 0 amide bonds. The lowest BCUT2D eigenvalue weighted by Crippen LogP contribution is -2.17. The van der Waals surface area contributed by atoms with Gasteiger partial charge < -0.3 is 10.3 Å². The zero-order valence-corrected chi connectivity index (χ0v) is 16.7. The van der Waals surface area contributed by atoms with E-state index in [2.05, 4.69) is 15.3 Å². The molecule has 0 fully saturated rings. The van der Waals surface area contributed by atoms with Gasteiger partial charge in [0.25, 0.3) is 0 Å². The minimum absolute atomic E-state index is 0.276. The molecular weight excluding hydrogens is 389 g/mol. The molecule has 0 aliphatic carbocycles. The summed E-state index contributed by atoms with van der Waals surface area (Å²) in [4.78, 5) is 7.56. The van der Waals surface area contributed by atoms with E-state index in [0.717, 1.165) is 47.0 Å². The van der Waals surface area contributed by atoms with Crippen molar-refractivity contribution in [3.8, 4) is 16.9 Å². The van der Waals surface area contributed by atoms with Crippen LogP contribution in [0.2, 0.25) is 5.02 Å². The van der Waals surface area contributed by atoms with Gasteiger partial charge in [-0.1, -0.05) is 29.8 Å². The first kappa shape index (κ1) is 19.4. The zero-order valence-electron chi connectivity index (χ0n) is 16.0. The average Bonchev–Trinajstić information content (AvgIpc) is 3.32. The number of aromatic amines is 1. The van der Waals surface area contributed by atoms with Gasteiger partial charge in [-0.05, 0) is 37.3 Å². The van der Waals surface area contributed by atoms with Gasteiger partial charge in [0.15, 0.2) is 0 Å². The summed E-state index contributed by atoms with van der Waals surface area (Å²) in [5.41, 5.74) is 4.53. The van der Waals surface area contributed by atoms with Crippen molar-refractivity contribution in [1.82, 2.24) is 25.1 Å². The molecule has 0 saturated carbocycles. The lowest BCUT2D eigenvalue weighted by atomic mass is 10.1. The monoisotopic (exact) mass is 409 g/mol. The van der Waals surface area contributed by atoms with Crippen LogP contribution in [0.4, 0.5) is 4.39 Å². The molecule has 2 aromatic carbocycles. The van der Waals surface area contributed by atoms with Crippen LogP contribution < -0.4 is 5.32 Å². The third-order valence-electron chi connectivity index (χ3n) is 4.62. The summed E-state index contributed by atoms with van der Waals surface area (Å²) in [5.74, 6) is 0.686. The molecule has 0 aliphatic rings. The second-order valence-corrected chi connectivity index (χ2v) is 7.25. The van der Waals surface area contributed by atoms with E-state index in [-0.39, 0.29) is 5.82 Å². The molecule has 29 heavy (non-hydrogen) atoms. The van der Waals surface area contributed by atoms with Crippen molar-refractivity contribution >= 4 is 11.6 Å². The molecule has 2 N–H and O–H groups in total. The van der Waals surface area contributed by atoms with Gasteiger partial charge >= 0.3 is 0 Å². The van der Waals surface area contributed by atoms with Crippen molar-refractivity contribution in [2.75, 3.05) is 6.54 Å².